The predicted molar refractivity (Wildman–Crippen MR) is 88.2 cm³/mol. The van der Waals surface area contributed by atoms with Gasteiger partial charge in [0.05, 0.1) is 24.9 Å². The summed E-state index contributed by atoms with van der Waals surface area (Å²) < 4.78 is 7.34. The lowest BCUT2D eigenvalue weighted by molar-refractivity contribution is 0.0600. The number of hydrogen-bond acceptors (Lipinski definition) is 5. The highest BCUT2D eigenvalue weighted by atomic mass is 16.5. The fraction of sp³-hybridized carbons (Fsp3) is 0.294. The van der Waals surface area contributed by atoms with Crippen LogP contribution in [0.1, 0.15) is 41.5 Å². The van der Waals surface area contributed by atoms with Gasteiger partial charge in [0.15, 0.2) is 5.65 Å². The second-order valence-electron chi connectivity index (χ2n) is 5.79. The molecule has 0 aliphatic carbocycles. The molecule has 0 saturated carbocycles. The molecule has 7 nitrogen and oxygen atoms in total. The number of nitrogens with zero attached hydrogens (tertiary/aromatic N) is 4. The number of pyridine rings is 2. The Balaban J connectivity index is 1.99. The molecule has 0 amide bonds. The molecule has 0 radical (unpaired) electrons. The van der Waals surface area contributed by atoms with Gasteiger partial charge in [-0.25, -0.2) is 18.7 Å². The van der Waals surface area contributed by atoms with Gasteiger partial charge in [0.1, 0.15) is 0 Å². The monoisotopic (exact) mass is 326 g/mol. The zero-order valence-corrected chi connectivity index (χ0v) is 13.8. The van der Waals surface area contributed by atoms with Gasteiger partial charge < -0.3 is 4.74 Å². The third-order valence-corrected chi connectivity index (χ3v) is 3.73. The van der Waals surface area contributed by atoms with Gasteiger partial charge in [-0.1, -0.05) is 19.9 Å². The van der Waals surface area contributed by atoms with Crippen LogP contribution >= 0.6 is 0 Å². The van der Waals surface area contributed by atoms with Crippen LogP contribution < -0.4 is 5.69 Å². The van der Waals surface area contributed by atoms with E-state index in [1.807, 2.05) is 18.2 Å². The summed E-state index contributed by atoms with van der Waals surface area (Å²) in [7, 11) is 1.30. The summed E-state index contributed by atoms with van der Waals surface area (Å²) >= 11 is 0. The minimum atomic E-state index is -0.497. The van der Waals surface area contributed by atoms with Gasteiger partial charge in [-0.05, 0) is 30.2 Å². The lowest BCUT2D eigenvalue weighted by Crippen LogP contribution is -2.22. The van der Waals surface area contributed by atoms with Crippen molar-refractivity contribution >= 4 is 11.6 Å². The van der Waals surface area contributed by atoms with Crippen molar-refractivity contribution in [2.75, 3.05) is 7.11 Å². The molecular formula is C17H18N4O3. The van der Waals surface area contributed by atoms with Crippen LogP contribution in [0.2, 0.25) is 0 Å². The van der Waals surface area contributed by atoms with Crippen LogP contribution in [0, 0.1) is 0 Å². The Morgan fingerprint density at radius 1 is 1.25 bits per heavy atom. The van der Waals surface area contributed by atoms with Crippen molar-refractivity contribution in [1.29, 1.82) is 0 Å². The maximum absolute atomic E-state index is 12.5. The fourth-order valence-electron chi connectivity index (χ4n) is 2.42. The smallest absolute Gasteiger partial charge is 0.350 e. The average molecular weight is 326 g/mol. The molecule has 24 heavy (non-hydrogen) atoms. The van der Waals surface area contributed by atoms with Crippen LogP contribution in [0.3, 0.4) is 0 Å². The normalized spacial score (nSPS) is 11.2. The zero-order valence-electron chi connectivity index (χ0n) is 13.8. The van der Waals surface area contributed by atoms with E-state index in [1.165, 1.54) is 22.4 Å². The molecule has 3 heterocycles. The third kappa shape index (κ3) is 2.92. The Hall–Kier alpha value is -2.96. The van der Waals surface area contributed by atoms with E-state index in [0.29, 0.717) is 17.1 Å². The van der Waals surface area contributed by atoms with Crippen LogP contribution in [0.4, 0.5) is 0 Å². The van der Waals surface area contributed by atoms with E-state index in [9.17, 15) is 9.59 Å². The standard InChI is InChI=1S/C17H18N4O3/c1-11(2)14-6-4-5-13(18-14)10-21-17(23)20-9-12(16(22)24-3)7-8-15(20)19-21/h4-9,11H,10H2,1-3H3. The van der Waals surface area contributed by atoms with Gasteiger partial charge in [0.25, 0.3) is 0 Å². The number of aromatic nitrogens is 4. The number of rotatable bonds is 4. The fourth-order valence-corrected chi connectivity index (χ4v) is 2.42. The van der Waals surface area contributed by atoms with Crippen molar-refractivity contribution in [2.45, 2.75) is 26.3 Å². The minimum Gasteiger partial charge on any atom is -0.465 e. The summed E-state index contributed by atoms with van der Waals surface area (Å²) in [6.07, 6.45) is 1.44. The Labute approximate surface area is 138 Å². The largest absolute Gasteiger partial charge is 0.465 e. The average Bonchev–Trinajstić information content (AvgIpc) is 2.90. The highest BCUT2D eigenvalue weighted by Gasteiger charge is 2.12. The number of carbonyl (C=O) groups excluding carboxylic acids is 1. The van der Waals surface area contributed by atoms with Crippen LogP contribution in [0.15, 0.2) is 41.3 Å². The number of fused-ring (bicyclic) bond motifs is 1. The maximum atomic E-state index is 12.5. The quantitative estimate of drug-likeness (QED) is 0.684. The molecule has 0 aliphatic rings. The Bertz CT molecular complexity index is 956. The molecule has 7 heteroatoms. The Morgan fingerprint density at radius 2 is 2.04 bits per heavy atom. The number of hydrogen-bond donors (Lipinski definition) is 0. The Morgan fingerprint density at radius 3 is 2.75 bits per heavy atom. The number of ether oxygens (including phenoxy) is 1. The summed E-state index contributed by atoms with van der Waals surface area (Å²) in [5.74, 6) is -0.187. The first-order chi connectivity index (χ1) is 11.5. The molecule has 0 bridgehead atoms. The van der Waals surface area contributed by atoms with Gasteiger partial charge in [-0.15, -0.1) is 5.10 Å². The second-order valence-corrected chi connectivity index (χ2v) is 5.79. The highest BCUT2D eigenvalue weighted by Crippen LogP contribution is 2.12. The summed E-state index contributed by atoms with van der Waals surface area (Å²) in [5.41, 5.74) is 2.17. The van der Waals surface area contributed by atoms with Crippen molar-refractivity contribution in [1.82, 2.24) is 19.2 Å². The van der Waals surface area contributed by atoms with Crippen LogP contribution in [-0.4, -0.2) is 32.2 Å². The molecule has 0 saturated heterocycles. The first-order valence-corrected chi connectivity index (χ1v) is 7.63. The van der Waals surface area contributed by atoms with E-state index in [0.717, 1.165) is 11.4 Å². The van der Waals surface area contributed by atoms with Crippen molar-refractivity contribution in [2.24, 2.45) is 0 Å². The molecule has 0 N–H and O–H groups in total. The van der Waals surface area contributed by atoms with E-state index >= 15 is 0 Å². The van der Waals surface area contributed by atoms with Crippen molar-refractivity contribution in [3.63, 3.8) is 0 Å². The molecule has 0 aromatic carbocycles. The Kier molecular flexibility index (Phi) is 4.16. The molecular weight excluding hydrogens is 308 g/mol. The van der Waals surface area contributed by atoms with E-state index in [-0.39, 0.29) is 12.2 Å². The van der Waals surface area contributed by atoms with Crippen LogP contribution in [0.25, 0.3) is 5.65 Å². The minimum absolute atomic E-state index is 0.272. The first kappa shape index (κ1) is 15.9. The molecule has 124 valence electrons. The van der Waals surface area contributed by atoms with Gasteiger partial charge in [-0.2, -0.15) is 0 Å². The zero-order chi connectivity index (χ0) is 17.3. The number of methoxy groups -OCH3 is 1. The predicted octanol–water partition coefficient (Wildman–Crippen LogP) is 1.85. The van der Waals surface area contributed by atoms with Gasteiger partial charge in [-0.3, -0.25) is 4.98 Å². The lowest BCUT2D eigenvalue weighted by Gasteiger charge is -2.06. The van der Waals surface area contributed by atoms with Crippen LogP contribution in [0.5, 0.6) is 0 Å². The molecule has 0 fully saturated rings. The molecule has 0 atom stereocenters. The summed E-state index contributed by atoms with van der Waals surface area (Å²) in [5, 5.41) is 4.28. The van der Waals surface area contributed by atoms with E-state index < -0.39 is 5.97 Å². The van der Waals surface area contributed by atoms with Crippen molar-refractivity contribution in [3.8, 4) is 0 Å². The van der Waals surface area contributed by atoms with Gasteiger partial charge in [0, 0.05) is 11.9 Å². The third-order valence-electron chi connectivity index (χ3n) is 3.73. The SMILES string of the molecule is COC(=O)c1ccc2nn(Cc3cccc(C(C)C)n3)c(=O)n2c1. The molecule has 3 aromatic rings. The van der Waals surface area contributed by atoms with Gasteiger partial charge >= 0.3 is 11.7 Å². The van der Waals surface area contributed by atoms with Crippen molar-refractivity contribution in [3.05, 3.63) is 64.0 Å². The number of esters is 1. The molecule has 3 aromatic heterocycles. The molecule has 0 unspecified atom stereocenters. The lowest BCUT2D eigenvalue weighted by atomic mass is 10.1. The summed E-state index contributed by atoms with van der Waals surface area (Å²) in [6.45, 7) is 4.41. The van der Waals surface area contributed by atoms with Crippen molar-refractivity contribution < 1.29 is 9.53 Å². The maximum Gasteiger partial charge on any atom is 0.350 e. The topological polar surface area (TPSA) is 78.5 Å². The number of carbonyl (C=O) groups is 1. The highest BCUT2D eigenvalue weighted by molar-refractivity contribution is 5.89. The molecule has 3 rings (SSSR count). The second kappa shape index (κ2) is 6.27. The summed E-state index contributed by atoms with van der Waals surface area (Å²) in [4.78, 5) is 28.6. The molecule has 0 aliphatic heterocycles. The first-order valence-electron chi connectivity index (χ1n) is 7.63. The van der Waals surface area contributed by atoms with E-state index in [4.69, 9.17) is 0 Å². The summed E-state index contributed by atoms with van der Waals surface area (Å²) in [6, 6.07) is 8.94. The van der Waals surface area contributed by atoms with E-state index in [1.54, 1.807) is 12.1 Å². The van der Waals surface area contributed by atoms with Crippen LogP contribution in [-0.2, 0) is 11.3 Å². The molecule has 0 spiro atoms. The van der Waals surface area contributed by atoms with Gasteiger partial charge in [0.2, 0.25) is 0 Å². The van der Waals surface area contributed by atoms with E-state index in [2.05, 4.69) is 28.7 Å².